The maximum absolute atomic E-state index is 13.2. The predicted octanol–water partition coefficient (Wildman–Crippen LogP) is 1.81. The number of sulfonamides is 1. The fraction of sp³-hybridized carbons (Fsp3) is 0.263. The summed E-state index contributed by atoms with van der Waals surface area (Å²) in [6, 6.07) is 7.46. The van der Waals surface area contributed by atoms with Crippen LogP contribution in [-0.2, 0) is 21.3 Å². The Morgan fingerprint density at radius 3 is 2.65 bits per heavy atom. The molecule has 2 aromatic heterocycles. The lowest BCUT2D eigenvalue weighted by atomic mass is 10.2. The van der Waals surface area contributed by atoms with Gasteiger partial charge in [0, 0.05) is 50.4 Å². The topological polar surface area (TPSA) is 132 Å². The lowest BCUT2D eigenvalue weighted by molar-refractivity contribution is -0.385. The fourth-order valence-corrected chi connectivity index (χ4v) is 4.77. The molecule has 0 radical (unpaired) electrons. The molecule has 0 spiro atoms. The van der Waals surface area contributed by atoms with E-state index in [1.54, 1.807) is 29.5 Å². The minimum absolute atomic E-state index is 0.133. The third-order valence-corrected chi connectivity index (χ3v) is 6.76. The summed E-state index contributed by atoms with van der Waals surface area (Å²) in [5.74, 6) is 0.701. The molecule has 0 unspecified atom stereocenters. The second-order valence-corrected chi connectivity index (χ2v) is 8.71. The van der Waals surface area contributed by atoms with Crippen molar-refractivity contribution in [2.45, 2.75) is 11.4 Å². The Hall–Kier alpha value is -3.35. The molecule has 0 bridgehead atoms. The van der Waals surface area contributed by atoms with E-state index in [1.165, 1.54) is 16.4 Å². The molecule has 11 nitrogen and oxygen atoms in total. The number of rotatable bonds is 7. The van der Waals surface area contributed by atoms with Crippen LogP contribution in [0.5, 0.6) is 0 Å². The fourth-order valence-electron chi connectivity index (χ4n) is 3.18. The number of hydrogen-bond acceptors (Lipinski definition) is 8. The average molecular weight is 444 g/mol. The van der Waals surface area contributed by atoms with Crippen LogP contribution in [0.4, 0.5) is 11.4 Å². The highest BCUT2D eigenvalue weighted by Crippen LogP contribution is 2.30. The summed E-state index contributed by atoms with van der Waals surface area (Å²) >= 11 is 0. The van der Waals surface area contributed by atoms with Crippen LogP contribution in [0, 0.1) is 10.1 Å². The number of nitrogens with one attached hydrogen (secondary N) is 1. The van der Waals surface area contributed by atoms with E-state index in [9.17, 15) is 18.5 Å². The van der Waals surface area contributed by atoms with E-state index in [4.69, 9.17) is 4.74 Å². The zero-order valence-electron chi connectivity index (χ0n) is 16.4. The van der Waals surface area contributed by atoms with Gasteiger partial charge in [0.05, 0.1) is 23.8 Å². The van der Waals surface area contributed by atoms with Crippen LogP contribution in [0.25, 0.3) is 5.82 Å². The van der Waals surface area contributed by atoms with Gasteiger partial charge in [-0.1, -0.05) is 6.07 Å². The molecule has 0 aliphatic carbocycles. The second kappa shape index (κ2) is 8.79. The van der Waals surface area contributed by atoms with Crippen LogP contribution in [0.3, 0.4) is 0 Å². The van der Waals surface area contributed by atoms with Gasteiger partial charge in [0.2, 0.25) is 10.0 Å². The molecule has 4 rings (SSSR count). The molecule has 0 amide bonds. The summed E-state index contributed by atoms with van der Waals surface area (Å²) < 4.78 is 34.6. The highest BCUT2D eigenvalue weighted by atomic mass is 32.2. The summed E-state index contributed by atoms with van der Waals surface area (Å²) in [5.41, 5.74) is 0.816. The number of ether oxygens (including phenoxy) is 1. The molecule has 1 aliphatic rings. The van der Waals surface area contributed by atoms with Gasteiger partial charge < -0.3 is 10.1 Å². The number of anilines is 1. The molecular weight excluding hydrogens is 424 g/mol. The Kier molecular flexibility index (Phi) is 5.93. The van der Waals surface area contributed by atoms with E-state index >= 15 is 0 Å². The average Bonchev–Trinajstić information content (AvgIpc) is 3.33. The number of imidazole rings is 1. The second-order valence-electron chi connectivity index (χ2n) is 6.80. The van der Waals surface area contributed by atoms with E-state index in [2.05, 4.69) is 15.3 Å². The van der Waals surface area contributed by atoms with Crippen molar-refractivity contribution in [3.05, 3.63) is 70.9 Å². The molecular formula is C19H20N6O5S. The third kappa shape index (κ3) is 4.55. The molecule has 1 aliphatic heterocycles. The first-order valence-corrected chi connectivity index (χ1v) is 10.9. The quantitative estimate of drug-likeness (QED) is 0.431. The lowest BCUT2D eigenvalue weighted by Gasteiger charge is -2.27. The molecule has 3 aromatic rings. The molecule has 12 heteroatoms. The van der Waals surface area contributed by atoms with Crippen LogP contribution in [0.15, 0.2) is 60.1 Å². The minimum atomic E-state index is -3.93. The molecule has 1 aromatic carbocycles. The maximum Gasteiger partial charge on any atom is 0.270 e. The van der Waals surface area contributed by atoms with E-state index in [0.717, 1.165) is 11.6 Å². The number of non-ortho nitro benzene ring substituents is 1. The van der Waals surface area contributed by atoms with Gasteiger partial charge in [-0.2, -0.15) is 4.31 Å². The van der Waals surface area contributed by atoms with Crippen molar-refractivity contribution in [2.24, 2.45) is 0 Å². The first kappa shape index (κ1) is 20.9. The molecule has 0 atom stereocenters. The molecule has 3 heterocycles. The third-order valence-electron chi connectivity index (χ3n) is 4.82. The summed E-state index contributed by atoms with van der Waals surface area (Å²) in [6.07, 6.45) is 6.74. The number of pyridine rings is 1. The smallest absolute Gasteiger partial charge is 0.270 e. The number of nitro groups is 1. The van der Waals surface area contributed by atoms with Gasteiger partial charge >= 0.3 is 0 Å². The molecule has 0 saturated carbocycles. The predicted molar refractivity (Wildman–Crippen MR) is 111 cm³/mol. The van der Waals surface area contributed by atoms with Crippen LogP contribution < -0.4 is 5.32 Å². The zero-order chi connectivity index (χ0) is 21.8. The van der Waals surface area contributed by atoms with Crippen molar-refractivity contribution in [3.8, 4) is 5.82 Å². The summed E-state index contributed by atoms with van der Waals surface area (Å²) in [6.45, 7) is 1.26. The van der Waals surface area contributed by atoms with Crippen molar-refractivity contribution in [1.82, 2.24) is 18.8 Å². The SMILES string of the molecule is O=[N+]([O-])c1ccc(NCc2ccc(-n3ccnc3)nc2)c(S(=O)(=O)N2CCOCC2)c1. The Balaban J connectivity index is 1.58. The van der Waals surface area contributed by atoms with Gasteiger partial charge in [-0.25, -0.2) is 18.4 Å². The molecule has 1 saturated heterocycles. The van der Waals surface area contributed by atoms with Crippen LogP contribution in [0.1, 0.15) is 5.56 Å². The number of hydrogen-bond donors (Lipinski definition) is 1. The van der Waals surface area contributed by atoms with E-state index in [-0.39, 0.29) is 42.6 Å². The number of benzene rings is 1. The Bertz CT molecular complexity index is 1160. The van der Waals surface area contributed by atoms with Gasteiger partial charge in [0.1, 0.15) is 17.0 Å². The van der Waals surface area contributed by atoms with Gasteiger partial charge in [-0.15, -0.1) is 0 Å². The van der Waals surface area contributed by atoms with Crippen molar-refractivity contribution >= 4 is 21.4 Å². The van der Waals surface area contributed by atoms with Crippen molar-refractivity contribution in [2.75, 3.05) is 31.6 Å². The van der Waals surface area contributed by atoms with Crippen molar-refractivity contribution < 1.29 is 18.1 Å². The first-order chi connectivity index (χ1) is 14.9. The highest BCUT2D eigenvalue weighted by Gasteiger charge is 2.30. The molecule has 162 valence electrons. The number of nitro benzene ring substituents is 1. The molecule has 1 N–H and O–H groups in total. The summed E-state index contributed by atoms with van der Waals surface area (Å²) in [4.78, 5) is 18.8. The summed E-state index contributed by atoms with van der Waals surface area (Å²) in [5, 5.41) is 14.3. The van der Waals surface area contributed by atoms with Crippen LogP contribution in [0.2, 0.25) is 0 Å². The maximum atomic E-state index is 13.2. The van der Waals surface area contributed by atoms with Crippen LogP contribution in [-0.4, -0.2) is 58.5 Å². The van der Waals surface area contributed by atoms with Crippen molar-refractivity contribution in [3.63, 3.8) is 0 Å². The molecule has 31 heavy (non-hydrogen) atoms. The number of morpholine rings is 1. The largest absolute Gasteiger partial charge is 0.380 e. The number of aromatic nitrogens is 3. The zero-order valence-corrected chi connectivity index (χ0v) is 17.2. The van der Waals surface area contributed by atoms with Crippen LogP contribution >= 0.6 is 0 Å². The number of nitrogens with zero attached hydrogens (tertiary/aromatic N) is 5. The highest BCUT2D eigenvalue weighted by molar-refractivity contribution is 7.89. The van der Waals surface area contributed by atoms with Gasteiger partial charge in [-0.05, 0) is 17.7 Å². The van der Waals surface area contributed by atoms with E-state index in [1.807, 2.05) is 12.1 Å². The van der Waals surface area contributed by atoms with E-state index < -0.39 is 14.9 Å². The van der Waals surface area contributed by atoms with Gasteiger partial charge in [0.15, 0.2) is 0 Å². The Labute approximate surface area is 178 Å². The standard InChI is InChI=1S/C19H20N6O5S/c26-25(27)16-2-3-17(18(11-16)31(28,29)24-7-9-30-10-8-24)21-12-15-1-4-19(22-13-15)23-6-5-20-14-23/h1-6,11,13-14,21H,7-10,12H2. The van der Waals surface area contributed by atoms with Crippen molar-refractivity contribution in [1.29, 1.82) is 0 Å². The van der Waals surface area contributed by atoms with E-state index in [0.29, 0.717) is 12.4 Å². The minimum Gasteiger partial charge on any atom is -0.380 e. The Morgan fingerprint density at radius 2 is 2.00 bits per heavy atom. The van der Waals surface area contributed by atoms with Gasteiger partial charge in [-0.3, -0.25) is 14.7 Å². The normalized spacial score (nSPS) is 15.0. The lowest BCUT2D eigenvalue weighted by Crippen LogP contribution is -2.40. The first-order valence-electron chi connectivity index (χ1n) is 9.48. The summed E-state index contributed by atoms with van der Waals surface area (Å²) in [7, 11) is -3.93. The monoisotopic (exact) mass is 444 g/mol. The molecule has 1 fully saturated rings. The Morgan fingerprint density at radius 1 is 1.19 bits per heavy atom. The van der Waals surface area contributed by atoms with Gasteiger partial charge in [0.25, 0.3) is 5.69 Å².